The first-order valence-electron chi connectivity index (χ1n) is 9.49. The second-order valence-corrected chi connectivity index (χ2v) is 6.93. The highest BCUT2D eigenvalue weighted by molar-refractivity contribution is 6.14. The van der Waals surface area contributed by atoms with Crippen LogP contribution in [0.2, 0.25) is 0 Å². The molecule has 5 nitrogen and oxygen atoms in total. The molecule has 1 heterocycles. The number of aryl methyl sites for hydroxylation is 1. The van der Waals surface area contributed by atoms with Crippen molar-refractivity contribution in [1.29, 1.82) is 0 Å². The van der Waals surface area contributed by atoms with Crippen molar-refractivity contribution in [3.8, 4) is 11.5 Å². The van der Waals surface area contributed by atoms with Crippen LogP contribution in [0.5, 0.6) is 11.5 Å². The van der Waals surface area contributed by atoms with Crippen molar-refractivity contribution in [2.24, 2.45) is 0 Å². The van der Waals surface area contributed by atoms with Gasteiger partial charge in [-0.1, -0.05) is 36.4 Å². The summed E-state index contributed by atoms with van der Waals surface area (Å²) in [6.07, 6.45) is 1.76. The summed E-state index contributed by atoms with van der Waals surface area (Å²) in [7, 11) is 1.35. The number of hydrogen-bond donors (Lipinski definition) is 0. The van der Waals surface area contributed by atoms with Crippen LogP contribution in [0.25, 0.3) is 6.08 Å². The fourth-order valence-electron chi connectivity index (χ4n) is 3.17. The van der Waals surface area contributed by atoms with Crippen LogP contribution in [0.4, 0.5) is 0 Å². The van der Waals surface area contributed by atoms with Gasteiger partial charge in [-0.2, -0.15) is 0 Å². The molecule has 1 aliphatic rings. The zero-order chi connectivity index (χ0) is 21.1. The third-order valence-electron chi connectivity index (χ3n) is 4.90. The number of allylic oxidation sites excluding steroid dienone is 1. The van der Waals surface area contributed by atoms with Gasteiger partial charge in [0, 0.05) is 6.07 Å². The fraction of sp³-hybridized carbons (Fsp3) is 0.120. The Kier molecular flexibility index (Phi) is 5.35. The van der Waals surface area contributed by atoms with E-state index in [1.54, 1.807) is 36.4 Å². The standard InChI is InChI=1S/C25H20O5/c1-16-5-3-4-6-19(16)13-23-24(26)21-12-11-20(14-22(21)30-23)29-15-17-7-9-18(10-8-17)25(27)28-2/h3-14H,15H2,1-2H3/b23-13-. The van der Waals surface area contributed by atoms with Gasteiger partial charge in [0.25, 0.3) is 0 Å². The minimum absolute atomic E-state index is 0.141. The first kappa shape index (κ1) is 19.5. The quantitative estimate of drug-likeness (QED) is 0.447. The van der Waals surface area contributed by atoms with E-state index in [-0.39, 0.29) is 11.8 Å². The van der Waals surface area contributed by atoms with Crippen molar-refractivity contribution < 1.29 is 23.8 Å². The lowest BCUT2D eigenvalue weighted by atomic mass is 10.1. The number of hydrogen-bond acceptors (Lipinski definition) is 5. The van der Waals surface area contributed by atoms with Crippen LogP contribution in [0.1, 0.15) is 37.4 Å². The summed E-state index contributed by atoms with van der Waals surface area (Å²) in [5.41, 5.74) is 3.92. The monoisotopic (exact) mass is 400 g/mol. The number of Topliss-reactive ketones (excluding diaryl/α,β-unsaturated/α-hetero) is 1. The van der Waals surface area contributed by atoms with E-state index < -0.39 is 0 Å². The van der Waals surface area contributed by atoms with E-state index in [0.29, 0.717) is 35.0 Å². The molecule has 0 saturated heterocycles. The molecule has 0 amide bonds. The summed E-state index contributed by atoms with van der Waals surface area (Å²) in [4.78, 5) is 24.1. The smallest absolute Gasteiger partial charge is 0.337 e. The van der Waals surface area contributed by atoms with Gasteiger partial charge in [0.05, 0.1) is 18.2 Å². The molecule has 0 atom stereocenters. The van der Waals surface area contributed by atoms with Crippen LogP contribution in [0, 0.1) is 6.92 Å². The first-order valence-corrected chi connectivity index (χ1v) is 9.49. The van der Waals surface area contributed by atoms with Crippen LogP contribution in [0.3, 0.4) is 0 Å². The molecule has 0 radical (unpaired) electrons. The Labute approximate surface area is 174 Å². The molecule has 1 aliphatic heterocycles. The largest absolute Gasteiger partial charge is 0.489 e. The summed E-state index contributed by atoms with van der Waals surface area (Å²) < 4.78 is 16.3. The number of ketones is 1. The van der Waals surface area contributed by atoms with Gasteiger partial charge in [0.15, 0.2) is 5.76 Å². The molecular weight excluding hydrogens is 380 g/mol. The number of carbonyl (C=O) groups excluding carboxylic acids is 2. The van der Waals surface area contributed by atoms with Crippen LogP contribution in [0.15, 0.2) is 72.5 Å². The Bertz CT molecular complexity index is 1140. The van der Waals surface area contributed by atoms with E-state index in [1.807, 2.05) is 43.3 Å². The highest BCUT2D eigenvalue weighted by Gasteiger charge is 2.27. The van der Waals surface area contributed by atoms with Gasteiger partial charge in [-0.25, -0.2) is 4.79 Å². The van der Waals surface area contributed by atoms with Crippen molar-refractivity contribution in [2.75, 3.05) is 7.11 Å². The lowest BCUT2D eigenvalue weighted by Gasteiger charge is -2.08. The number of benzene rings is 3. The van der Waals surface area contributed by atoms with Gasteiger partial charge in [-0.05, 0) is 54.0 Å². The molecule has 0 aliphatic carbocycles. The van der Waals surface area contributed by atoms with Crippen LogP contribution in [-0.2, 0) is 11.3 Å². The molecule has 0 saturated carbocycles. The van der Waals surface area contributed by atoms with Crippen molar-refractivity contribution in [3.63, 3.8) is 0 Å². The third-order valence-corrected chi connectivity index (χ3v) is 4.90. The predicted octanol–water partition coefficient (Wildman–Crippen LogP) is 4.98. The molecule has 4 rings (SSSR count). The van der Waals surface area contributed by atoms with E-state index in [1.165, 1.54) is 7.11 Å². The van der Waals surface area contributed by atoms with Gasteiger partial charge >= 0.3 is 5.97 Å². The van der Waals surface area contributed by atoms with Crippen LogP contribution < -0.4 is 9.47 Å². The average molecular weight is 400 g/mol. The van der Waals surface area contributed by atoms with E-state index in [0.717, 1.165) is 16.7 Å². The second-order valence-electron chi connectivity index (χ2n) is 6.93. The number of ether oxygens (including phenoxy) is 3. The molecule has 0 N–H and O–H groups in total. The van der Waals surface area contributed by atoms with E-state index in [9.17, 15) is 9.59 Å². The summed E-state index contributed by atoms with van der Waals surface area (Å²) in [5.74, 6) is 0.861. The summed E-state index contributed by atoms with van der Waals surface area (Å²) in [5, 5.41) is 0. The first-order chi connectivity index (χ1) is 14.5. The Morgan fingerprint density at radius 1 is 1.03 bits per heavy atom. The van der Waals surface area contributed by atoms with Crippen LogP contribution in [-0.4, -0.2) is 18.9 Å². The molecule has 0 bridgehead atoms. The maximum absolute atomic E-state index is 12.6. The molecule has 0 fully saturated rings. The maximum Gasteiger partial charge on any atom is 0.337 e. The molecule has 150 valence electrons. The van der Waals surface area contributed by atoms with Gasteiger partial charge in [0.1, 0.15) is 18.1 Å². The predicted molar refractivity (Wildman–Crippen MR) is 113 cm³/mol. The number of fused-ring (bicyclic) bond motifs is 1. The van der Waals surface area contributed by atoms with E-state index in [4.69, 9.17) is 14.2 Å². The Hall–Kier alpha value is -3.86. The zero-order valence-corrected chi connectivity index (χ0v) is 16.7. The Morgan fingerprint density at radius 3 is 2.53 bits per heavy atom. The number of rotatable bonds is 5. The van der Waals surface area contributed by atoms with Gasteiger partial charge < -0.3 is 14.2 Å². The van der Waals surface area contributed by atoms with E-state index in [2.05, 4.69) is 0 Å². The van der Waals surface area contributed by atoms with Gasteiger partial charge in [-0.15, -0.1) is 0 Å². The fourth-order valence-corrected chi connectivity index (χ4v) is 3.17. The lowest BCUT2D eigenvalue weighted by Crippen LogP contribution is -2.02. The normalized spacial score (nSPS) is 13.7. The molecule has 5 heteroatoms. The highest BCUT2D eigenvalue weighted by Crippen LogP contribution is 2.35. The van der Waals surface area contributed by atoms with E-state index >= 15 is 0 Å². The third kappa shape index (κ3) is 3.96. The Morgan fingerprint density at radius 2 is 1.80 bits per heavy atom. The van der Waals surface area contributed by atoms with Crippen molar-refractivity contribution in [1.82, 2.24) is 0 Å². The average Bonchev–Trinajstić information content (AvgIpc) is 3.08. The number of methoxy groups -OCH3 is 1. The number of carbonyl (C=O) groups is 2. The molecule has 0 spiro atoms. The van der Waals surface area contributed by atoms with Gasteiger partial charge in [0.2, 0.25) is 5.78 Å². The van der Waals surface area contributed by atoms with Crippen molar-refractivity contribution in [2.45, 2.75) is 13.5 Å². The summed E-state index contributed by atoms with van der Waals surface area (Å²) >= 11 is 0. The topological polar surface area (TPSA) is 61.8 Å². The second kappa shape index (κ2) is 8.25. The zero-order valence-electron chi connectivity index (χ0n) is 16.7. The van der Waals surface area contributed by atoms with Gasteiger partial charge in [-0.3, -0.25) is 4.79 Å². The summed E-state index contributed by atoms with van der Waals surface area (Å²) in [6.45, 7) is 2.31. The minimum atomic E-state index is -0.377. The van der Waals surface area contributed by atoms with Crippen molar-refractivity contribution in [3.05, 3.63) is 100 Å². The lowest BCUT2D eigenvalue weighted by molar-refractivity contribution is 0.0600. The number of esters is 1. The van der Waals surface area contributed by atoms with Crippen molar-refractivity contribution >= 4 is 17.8 Å². The maximum atomic E-state index is 12.6. The Balaban J connectivity index is 1.46. The summed E-state index contributed by atoms with van der Waals surface area (Å²) in [6, 6.07) is 20.0. The highest BCUT2D eigenvalue weighted by atomic mass is 16.5. The molecule has 3 aromatic rings. The van der Waals surface area contributed by atoms with Crippen LogP contribution >= 0.6 is 0 Å². The molecule has 0 aromatic heterocycles. The minimum Gasteiger partial charge on any atom is -0.489 e. The molecular formula is C25H20O5. The molecule has 30 heavy (non-hydrogen) atoms. The molecule has 0 unspecified atom stereocenters. The molecule has 3 aromatic carbocycles. The SMILES string of the molecule is COC(=O)c1ccc(COc2ccc3c(c2)O/C(=C\c2ccccc2C)C3=O)cc1.